The maximum Gasteiger partial charge on any atom is 0.339 e. The van der Waals surface area contributed by atoms with Crippen LogP contribution < -0.4 is 0 Å². The Kier molecular flexibility index (Phi) is 4.49. The Morgan fingerprint density at radius 3 is 2.58 bits per heavy atom. The van der Waals surface area contributed by atoms with Crippen LogP contribution in [0.3, 0.4) is 0 Å². The van der Waals surface area contributed by atoms with Crippen molar-refractivity contribution in [3.8, 4) is 0 Å². The Balaban J connectivity index is 1.63. The third kappa shape index (κ3) is 3.38. The van der Waals surface area contributed by atoms with Gasteiger partial charge in [0.05, 0.1) is 6.54 Å². The Labute approximate surface area is 148 Å². The molecule has 1 amide bonds. The average molecular weight is 392 g/mol. The number of halogens is 1. The first-order valence-corrected chi connectivity index (χ1v) is 8.49. The molecule has 1 saturated carbocycles. The summed E-state index contributed by atoms with van der Waals surface area (Å²) in [5.41, 5.74) is 1.32. The molecule has 2 aromatic rings. The van der Waals surface area contributed by atoms with Gasteiger partial charge in [-0.05, 0) is 43.0 Å². The van der Waals surface area contributed by atoms with E-state index in [1.165, 1.54) is 11.6 Å². The van der Waals surface area contributed by atoms with Gasteiger partial charge in [0, 0.05) is 17.4 Å². The standard InChI is InChI=1S/C18H18BrNO4/c1-10-14(18(22)23)7-13(24-10)9-20(2)17(21)16-8-15(16)11-3-5-12(19)6-4-11/h3-7,15-16H,8-9H2,1-2H3,(H,22,23). The molecule has 0 saturated heterocycles. The van der Waals surface area contributed by atoms with Gasteiger partial charge in [-0.3, -0.25) is 4.79 Å². The molecule has 6 heteroatoms. The van der Waals surface area contributed by atoms with Crippen LogP contribution in [-0.4, -0.2) is 28.9 Å². The smallest absolute Gasteiger partial charge is 0.339 e. The second kappa shape index (κ2) is 6.43. The van der Waals surface area contributed by atoms with E-state index in [2.05, 4.69) is 15.9 Å². The number of hydrogen-bond acceptors (Lipinski definition) is 3. The predicted octanol–water partition coefficient (Wildman–Crippen LogP) is 3.81. The molecule has 1 fully saturated rings. The highest BCUT2D eigenvalue weighted by atomic mass is 79.9. The number of amides is 1. The van der Waals surface area contributed by atoms with Gasteiger partial charge in [-0.2, -0.15) is 0 Å². The summed E-state index contributed by atoms with van der Waals surface area (Å²) >= 11 is 3.41. The molecule has 3 rings (SSSR count). The number of furan rings is 1. The summed E-state index contributed by atoms with van der Waals surface area (Å²) in [4.78, 5) is 25.2. The molecule has 1 aromatic heterocycles. The minimum Gasteiger partial charge on any atom is -0.478 e. The first-order chi connectivity index (χ1) is 11.4. The first kappa shape index (κ1) is 16.8. The second-order valence-electron chi connectivity index (χ2n) is 6.18. The number of carbonyl (C=O) groups is 2. The molecule has 0 spiro atoms. The minimum atomic E-state index is -1.02. The van der Waals surface area contributed by atoms with Crippen molar-refractivity contribution in [3.05, 3.63) is 57.5 Å². The van der Waals surface area contributed by atoms with Crippen LogP contribution in [0.5, 0.6) is 0 Å². The number of aryl methyl sites for hydroxylation is 1. The van der Waals surface area contributed by atoms with E-state index in [9.17, 15) is 9.59 Å². The van der Waals surface area contributed by atoms with Crippen molar-refractivity contribution in [2.75, 3.05) is 7.05 Å². The van der Waals surface area contributed by atoms with Crippen molar-refractivity contribution in [2.45, 2.75) is 25.8 Å². The van der Waals surface area contributed by atoms with Crippen molar-refractivity contribution >= 4 is 27.8 Å². The van der Waals surface area contributed by atoms with Crippen molar-refractivity contribution < 1.29 is 19.1 Å². The van der Waals surface area contributed by atoms with Crippen LogP contribution in [0.4, 0.5) is 0 Å². The van der Waals surface area contributed by atoms with E-state index < -0.39 is 5.97 Å². The molecular formula is C18H18BrNO4. The van der Waals surface area contributed by atoms with E-state index in [0.29, 0.717) is 11.5 Å². The monoisotopic (exact) mass is 391 g/mol. The molecule has 24 heavy (non-hydrogen) atoms. The number of carboxylic acids is 1. The highest BCUT2D eigenvalue weighted by Gasteiger charge is 2.45. The van der Waals surface area contributed by atoms with Crippen LogP contribution >= 0.6 is 15.9 Å². The molecule has 5 nitrogen and oxygen atoms in total. The SMILES string of the molecule is Cc1oc(CN(C)C(=O)C2CC2c2ccc(Br)cc2)cc1C(=O)O. The summed E-state index contributed by atoms with van der Waals surface area (Å²) in [5.74, 6) is 0.147. The van der Waals surface area contributed by atoms with Crippen LogP contribution in [-0.2, 0) is 11.3 Å². The molecule has 1 aliphatic carbocycles. The van der Waals surface area contributed by atoms with Crippen LogP contribution in [0.1, 0.15) is 39.8 Å². The third-order valence-electron chi connectivity index (χ3n) is 4.37. The van der Waals surface area contributed by atoms with Gasteiger partial charge in [-0.15, -0.1) is 0 Å². The Morgan fingerprint density at radius 2 is 2.00 bits per heavy atom. The van der Waals surface area contributed by atoms with Crippen LogP contribution in [0.25, 0.3) is 0 Å². The van der Waals surface area contributed by atoms with E-state index in [1.54, 1.807) is 18.9 Å². The van der Waals surface area contributed by atoms with Gasteiger partial charge in [0.2, 0.25) is 5.91 Å². The molecule has 2 unspecified atom stereocenters. The fourth-order valence-electron chi connectivity index (χ4n) is 2.97. The molecule has 126 valence electrons. The average Bonchev–Trinajstić information content (AvgIpc) is 3.24. The van der Waals surface area contributed by atoms with Crippen molar-refractivity contribution in [2.24, 2.45) is 5.92 Å². The van der Waals surface area contributed by atoms with Crippen LogP contribution in [0.15, 0.2) is 39.2 Å². The Hall–Kier alpha value is -2.08. The number of aromatic carboxylic acids is 1. The fourth-order valence-corrected chi connectivity index (χ4v) is 3.24. The van der Waals surface area contributed by atoms with Gasteiger partial charge in [0.15, 0.2) is 0 Å². The van der Waals surface area contributed by atoms with Gasteiger partial charge in [0.1, 0.15) is 17.1 Å². The first-order valence-electron chi connectivity index (χ1n) is 7.70. The van der Waals surface area contributed by atoms with Crippen LogP contribution in [0.2, 0.25) is 0 Å². The van der Waals surface area contributed by atoms with Gasteiger partial charge in [-0.1, -0.05) is 28.1 Å². The predicted molar refractivity (Wildman–Crippen MR) is 91.9 cm³/mol. The quantitative estimate of drug-likeness (QED) is 0.840. The van der Waals surface area contributed by atoms with Crippen molar-refractivity contribution in [1.29, 1.82) is 0 Å². The summed E-state index contributed by atoms with van der Waals surface area (Å²) in [6.07, 6.45) is 0.850. The number of carbonyl (C=O) groups excluding carboxylic acids is 1. The molecule has 2 atom stereocenters. The number of nitrogens with zero attached hydrogens (tertiary/aromatic N) is 1. The summed E-state index contributed by atoms with van der Waals surface area (Å²) in [6, 6.07) is 9.53. The Morgan fingerprint density at radius 1 is 1.33 bits per heavy atom. The zero-order valence-corrected chi connectivity index (χ0v) is 15.0. The molecule has 1 heterocycles. The zero-order chi connectivity index (χ0) is 17.4. The number of hydrogen-bond donors (Lipinski definition) is 1. The van der Waals surface area contributed by atoms with E-state index in [1.807, 2.05) is 24.3 Å². The van der Waals surface area contributed by atoms with E-state index in [0.717, 1.165) is 10.9 Å². The maximum absolute atomic E-state index is 12.5. The second-order valence-corrected chi connectivity index (χ2v) is 7.10. The van der Waals surface area contributed by atoms with E-state index in [4.69, 9.17) is 9.52 Å². The van der Waals surface area contributed by atoms with Crippen molar-refractivity contribution in [1.82, 2.24) is 4.90 Å². The molecule has 1 aromatic carbocycles. The Bertz CT molecular complexity index is 781. The lowest BCUT2D eigenvalue weighted by molar-refractivity contribution is -0.132. The summed E-state index contributed by atoms with van der Waals surface area (Å²) in [5, 5.41) is 9.06. The molecule has 0 aliphatic heterocycles. The topological polar surface area (TPSA) is 70.8 Å². The molecule has 1 aliphatic rings. The largest absolute Gasteiger partial charge is 0.478 e. The molecule has 1 N–H and O–H groups in total. The number of rotatable bonds is 5. The molecular weight excluding hydrogens is 374 g/mol. The zero-order valence-electron chi connectivity index (χ0n) is 13.5. The highest BCUT2D eigenvalue weighted by Crippen LogP contribution is 2.48. The lowest BCUT2D eigenvalue weighted by Gasteiger charge is -2.15. The van der Waals surface area contributed by atoms with Gasteiger partial charge in [-0.25, -0.2) is 4.79 Å². The molecule has 0 radical (unpaired) electrons. The fraction of sp³-hybridized carbons (Fsp3) is 0.333. The third-order valence-corrected chi connectivity index (χ3v) is 4.90. The summed E-state index contributed by atoms with van der Waals surface area (Å²) < 4.78 is 6.46. The summed E-state index contributed by atoms with van der Waals surface area (Å²) in [7, 11) is 1.72. The van der Waals surface area contributed by atoms with Crippen LogP contribution in [0, 0.1) is 12.8 Å². The normalized spacial score (nSPS) is 19.1. The summed E-state index contributed by atoms with van der Waals surface area (Å²) in [6.45, 7) is 1.88. The number of benzene rings is 1. The number of carboxylic acid groups (broad SMARTS) is 1. The van der Waals surface area contributed by atoms with Crippen molar-refractivity contribution in [3.63, 3.8) is 0 Å². The van der Waals surface area contributed by atoms with Gasteiger partial charge in [0.25, 0.3) is 0 Å². The minimum absolute atomic E-state index is 0.00817. The lowest BCUT2D eigenvalue weighted by Crippen LogP contribution is -2.27. The lowest BCUT2D eigenvalue weighted by atomic mass is 10.1. The van der Waals surface area contributed by atoms with Gasteiger partial charge < -0.3 is 14.4 Å². The van der Waals surface area contributed by atoms with E-state index in [-0.39, 0.29) is 29.9 Å². The van der Waals surface area contributed by atoms with Gasteiger partial charge >= 0.3 is 5.97 Å². The highest BCUT2D eigenvalue weighted by molar-refractivity contribution is 9.10. The van der Waals surface area contributed by atoms with E-state index >= 15 is 0 Å². The maximum atomic E-state index is 12.5. The molecule has 0 bridgehead atoms.